The Morgan fingerprint density at radius 1 is 1.22 bits per heavy atom. The highest BCUT2D eigenvalue weighted by Crippen LogP contribution is 2.27. The first-order valence-corrected chi connectivity index (χ1v) is 10.5. The minimum atomic E-state index is -3.24. The van der Waals surface area contributed by atoms with Crippen molar-refractivity contribution in [2.75, 3.05) is 11.6 Å². The average Bonchev–Trinajstić information content (AvgIpc) is 2.97. The van der Waals surface area contributed by atoms with Crippen LogP contribution in [-0.2, 0) is 32.5 Å². The van der Waals surface area contributed by atoms with Crippen molar-refractivity contribution in [1.29, 1.82) is 0 Å². The predicted molar refractivity (Wildman–Crippen MR) is 97.4 cm³/mol. The van der Waals surface area contributed by atoms with Crippen molar-refractivity contribution in [1.82, 2.24) is 20.3 Å². The number of amides is 2. The van der Waals surface area contributed by atoms with Gasteiger partial charge in [-0.3, -0.25) is 9.59 Å². The molecule has 0 unspecified atom stereocenters. The number of carbonyl (C=O) groups is 2. The molecule has 2 amide bonds. The predicted octanol–water partition coefficient (Wildman–Crippen LogP) is 0.737. The molecule has 1 saturated carbocycles. The number of benzene rings is 1. The van der Waals surface area contributed by atoms with Gasteiger partial charge in [0.2, 0.25) is 11.8 Å². The van der Waals surface area contributed by atoms with Crippen molar-refractivity contribution < 1.29 is 18.0 Å². The summed E-state index contributed by atoms with van der Waals surface area (Å²) < 4.78 is 24.2. The number of nitrogens with zero attached hydrogens (tertiary/aromatic N) is 3. The maximum Gasteiger partial charge on any atom is 0.242 e. The van der Waals surface area contributed by atoms with Gasteiger partial charge < -0.3 is 10.6 Å². The molecule has 1 fully saturated rings. The van der Waals surface area contributed by atoms with Crippen LogP contribution in [0, 0.1) is 5.92 Å². The summed E-state index contributed by atoms with van der Waals surface area (Å²) >= 11 is 0. The van der Waals surface area contributed by atoms with E-state index in [1.807, 2.05) is 0 Å². The molecule has 2 aromatic rings. The lowest BCUT2D eigenvalue weighted by molar-refractivity contribution is -0.122. The molecule has 0 aliphatic heterocycles. The quantitative estimate of drug-likeness (QED) is 0.717. The summed E-state index contributed by atoms with van der Waals surface area (Å²) in [6.45, 7) is 0.233. The smallest absolute Gasteiger partial charge is 0.242 e. The first-order valence-electron chi connectivity index (χ1n) is 8.58. The van der Waals surface area contributed by atoms with Gasteiger partial charge in [0.05, 0.1) is 11.1 Å². The van der Waals surface area contributed by atoms with Gasteiger partial charge in [-0.25, -0.2) is 13.1 Å². The topological polar surface area (TPSA) is 123 Å². The molecule has 3 rings (SSSR count). The van der Waals surface area contributed by atoms with E-state index in [0.717, 1.165) is 31.1 Å². The van der Waals surface area contributed by atoms with Crippen molar-refractivity contribution in [2.45, 2.75) is 37.2 Å². The Morgan fingerprint density at radius 2 is 1.93 bits per heavy atom. The number of sulfone groups is 1. The summed E-state index contributed by atoms with van der Waals surface area (Å²) in [5, 5.41) is 13.1. The fourth-order valence-electron chi connectivity index (χ4n) is 2.59. The number of anilines is 1. The molecule has 0 saturated heterocycles. The van der Waals surface area contributed by atoms with E-state index in [2.05, 4.69) is 20.9 Å². The van der Waals surface area contributed by atoms with Crippen molar-refractivity contribution >= 4 is 27.5 Å². The van der Waals surface area contributed by atoms with Crippen LogP contribution in [0.1, 0.15) is 24.8 Å². The van der Waals surface area contributed by atoms with Crippen LogP contribution in [0.4, 0.5) is 5.82 Å². The molecule has 0 atom stereocenters. The summed E-state index contributed by atoms with van der Waals surface area (Å²) in [4.78, 5) is 24.1. The summed E-state index contributed by atoms with van der Waals surface area (Å²) in [6, 6.07) is 6.32. The third-order valence-electron chi connectivity index (χ3n) is 4.41. The van der Waals surface area contributed by atoms with Gasteiger partial charge >= 0.3 is 0 Å². The fourth-order valence-corrected chi connectivity index (χ4v) is 3.22. The molecule has 2 N–H and O–H groups in total. The van der Waals surface area contributed by atoms with Gasteiger partial charge in [-0.1, -0.05) is 23.8 Å². The second-order valence-electron chi connectivity index (χ2n) is 6.61. The molecule has 1 aromatic heterocycles. The zero-order valence-electron chi connectivity index (χ0n) is 14.9. The molecule has 1 heterocycles. The van der Waals surface area contributed by atoms with Crippen molar-refractivity contribution in [3.63, 3.8) is 0 Å². The lowest BCUT2D eigenvalue weighted by atomic mass is 9.85. The summed E-state index contributed by atoms with van der Waals surface area (Å²) in [6.07, 6.45) is 5.52. The Hall–Kier alpha value is -2.75. The van der Waals surface area contributed by atoms with E-state index < -0.39 is 9.84 Å². The van der Waals surface area contributed by atoms with Gasteiger partial charge in [0.25, 0.3) is 0 Å². The van der Waals surface area contributed by atoms with Crippen LogP contribution in [0.15, 0.2) is 35.4 Å². The van der Waals surface area contributed by atoms with Gasteiger partial charge in [0.1, 0.15) is 6.54 Å². The molecular weight excluding hydrogens is 370 g/mol. The summed E-state index contributed by atoms with van der Waals surface area (Å²) in [5.41, 5.74) is 0.780. The minimum Gasteiger partial charge on any atom is -0.350 e. The van der Waals surface area contributed by atoms with Gasteiger partial charge in [0, 0.05) is 18.7 Å². The lowest BCUT2D eigenvalue weighted by Gasteiger charge is -2.23. The Morgan fingerprint density at radius 3 is 2.52 bits per heavy atom. The van der Waals surface area contributed by atoms with E-state index >= 15 is 0 Å². The van der Waals surface area contributed by atoms with E-state index in [-0.39, 0.29) is 35.7 Å². The Kier molecular flexibility index (Phi) is 5.54. The highest BCUT2D eigenvalue weighted by Gasteiger charge is 2.25. The Balaban J connectivity index is 1.47. The maximum atomic E-state index is 12.0. The zero-order valence-corrected chi connectivity index (χ0v) is 15.7. The number of aromatic nitrogens is 3. The standard InChI is InChI=1S/C17H21N5O4S/c1-27(25,26)14-7-5-12(6-8-14)9-18-16(23)11-22-10-15(20-21-22)19-17(24)13-3-2-4-13/h5-8,10,13H,2-4,9,11H2,1H3,(H,18,23)(H,19,24). The number of rotatable bonds is 7. The highest BCUT2D eigenvalue weighted by molar-refractivity contribution is 7.90. The first-order chi connectivity index (χ1) is 12.8. The minimum absolute atomic E-state index is 0.0340. The summed E-state index contributed by atoms with van der Waals surface area (Å²) in [7, 11) is -3.24. The van der Waals surface area contributed by atoms with Crippen LogP contribution >= 0.6 is 0 Å². The normalized spacial score (nSPS) is 14.4. The monoisotopic (exact) mass is 391 g/mol. The number of hydrogen-bond acceptors (Lipinski definition) is 6. The molecule has 144 valence electrons. The SMILES string of the molecule is CS(=O)(=O)c1ccc(CNC(=O)Cn2cc(NC(=O)C3CCC3)nn2)cc1. The number of hydrogen-bond donors (Lipinski definition) is 2. The second kappa shape index (κ2) is 7.87. The van der Waals surface area contributed by atoms with Gasteiger partial charge in [0.15, 0.2) is 15.7 Å². The number of nitrogens with one attached hydrogen (secondary N) is 2. The molecule has 10 heteroatoms. The van der Waals surface area contributed by atoms with Crippen molar-refractivity contribution in [3.8, 4) is 0 Å². The van der Waals surface area contributed by atoms with Crippen LogP contribution in [0.2, 0.25) is 0 Å². The van der Waals surface area contributed by atoms with Crippen LogP contribution in [-0.4, -0.2) is 41.5 Å². The molecule has 27 heavy (non-hydrogen) atoms. The first kappa shape index (κ1) is 19.0. The van der Waals surface area contributed by atoms with E-state index in [0.29, 0.717) is 5.82 Å². The van der Waals surface area contributed by atoms with E-state index in [4.69, 9.17) is 0 Å². The van der Waals surface area contributed by atoms with Gasteiger partial charge in [-0.15, -0.1) is 5.10 Å². The van der Waals surface area contributed by atoms with E-state index in [9.17, 15) is 18.0 Å². The van der Waals surface area contributed by atoms with Crippen molar-refractivity contribution in [2.24, 2.45) is 5.92 Å². The molecule has 1 aromatic carbocycles. The van der Waals surface area contributed by atoms with Crippen LogP contribution in [0.25, 0.3) is 0 Å². The van der Waals surface area contributed by atoms with Crippen LogP contribution in [0.5, 0.6) is 0 Å². The zero-order chi connectivity index (χ0) is 19.4. The van der Waals surface area contributed by atoms with E-state index in [1.165, 1.54) is 23.0 Å². The molecule has 0 bridgehead atoms. The molecule has 1 aliphatic rings. The van der Waals surface area contributed by atoms with Crippen LogP contribution in [0.3, 0.4) is 0 Å². The second-order valence-corrected chi connectivity index (χ2v) is 8.63. The van der Waals surface area contributed by atoms with E-state index in [1.54, 1.807) is 12.1 Å². The van der Waals surface area contributed by atoms with Gasteiger partial charge in [-0.2, -0.15) is 0 Å². The number of carbonyl (C=O) groups excluding carboxylic acids is 2. The molecular formula is C17H21N5O4S. The third-order valence-corrected chi connectivity index (χ3v) is 5.54. The highest BCUT2D eigenvalue weighted by atomic mass is 32.2. The molecule has 9 nitrogen and oxygen atoms in total. The van der Waals surface area contributed by atoms with Gasteiger partial charge in [-0.05, 0) is 30.5 Å². The lowest BCUT2D eigenvalue weighted by Crippen LogP contribution is -2.28. The Labute approximate surface area is 157 Å². The average molecular weight is 391 g/mol. The summed E-state index contributed by atoms with van der Waals surface area (Å²) in [5.74, 6) is 0.0443. The maximum absolute atomic E-state index is 12.0. The molecule has 0 radical (unpaired) electrons. The van der Waals surface area contributed by atoms with Crippen LogP contribution < -0.4 is 10.6 Å². The fraction of sp³-hybridized carbons (Fsp3) is 0.412. The Bertz CT molecular complexity index is 932. The van der Waals surface area contributed by atoms with Crippen molar-refractivity contribution in [3.05, 3.63) is 36.0 Å². The molecule has 1 aliphatic carbocycles. The third kappa shape index (κ3) is 5.13. The molecule has 0 spiro atoms. The largest absolute Gasteiger partial charge is 0.350 e.